The summed E-state index contributed by atoms with van der Waals surface area (Å²) in [5.41, 5.74) is 0. The summed E-state index contributed by atoms with van der Waals surface area (Å²) < 4.78 is 0. The highest BCUT2D eigenvalue weighted by Crippen LogP contribution is 1.93. The van der Waals surface area contributed by atoms with E-state index >= 15 is 0 Å². The largest absolute Gasteiger partial charge is 0.257 e. The second-order valence-electron chi connectivity index (χ2n) is 1.46. The fourth-order valence-corrected chi connectivity index (χ4v) is 0.404. The smallest absolute Gasteiger partial charge is 0.0513 e. The maximum Gasteiger partial charge on any atom is 0.0513 e. The first-order chi connectivity index (χ1) is 3.89. The molecule has 42 valence electrons. The van der Waals surface area contributed by atoms with E-state index in [1.165, 1.54) is 0 Å². The van der Waals surface area contributed by atoms with Crippen LogP contribution in [0.5, 0.6) is 0 Å². The molecule has 0 aliphatic carbocycles. The van der Waals surface area contributed by atoms with Gasteiger partial charge in [-0.2, -0.15) is 0 Å². The average Bonchev–Trinajstić information content (AvgIpc) is 1.94. The van der Waals surface area contributed by atoms with Crippen LogP contribution in [0, 0.1) is 0 Å². The SMILES string of the molecule is CN1C=CC=CN=N1. The molecule has 1 heterocycles. The van der Waals surface area contributed by atoms with Crippen molar-refractivity contribution in [1.29, 1.82) is 0 Å². The minimum absolute atomic E-state index is 1.64. The Morgan fingerprint density at radius 3 is 3.12 bits per heavy atom. The molecule has 0 unspecified atom stereocenters. The minimum atomic E-state index is 1.64. The van der Waals surface area contributed by atoms with Gasteiger partial charge in [-0.25, -0.2) is 0 Å². The Bertz CT molecular complexity index is 130. The minimum Gasteiger partial charge on any atom is -0.257 e. The highest BCUT2D eigenvalue weighted by atomic mass is 15.5. The molecule has 0 aromatic heterocycles. The summed E-state index contributed by atoms with van der Waals surface area (Å²) in [5, 5.41) is 9.01. The predicted octanol–water partition coefficient (Wildman–Crippen LogP) is 1.33. The second kappa shape index (κ2) is 2.26. The van der Waals surface area contributed by atoms with E-state index in [2.05, 4.69) is 10.3 Å². The van der Waals surface area contributed by atoms with E-state index in [1.54, 1.807) is 11.2 Å². The van der Waals surface area contributed by atoms with Gasteiger partial charge in [-0.15, -0.1) is 5.11 Å². The van der Waals surface area contributed by atoms with E-state index in [9.17, 15) is 0 Å². The third-order valence-corrected chi connectivity index (χ3v) is 0.758. The standard InChI is InChI=1S/C5H7N3/c1-8-5-3-2-4-6-7-8/h2-5H,1H3. The molecule has 0 aromatic carbocycles. The van der Waals surface area contributed by atoms with Crippen molar-refractivity contribution in [2.24, 2.45) is 10.3 Å². The molecular weight excluding hydrogens is 102 g/mol. The van der Waals surface area contributed by atoms with Crippen LogP contribution >= 0.6 is 0 Å². The molecule has 1 aliphatic rings. The first-order valence-electron chi connectivity index (χ1n) is 2.36. The van der Waals surface area contributed by atoms with Crippen LogP contribution in [0.4, 0.5) is 0 Å². The highest BCUT2D eigenvalue weighted by Gasteiger charge is 1.82. The summed E-state index contributed by atoms with van der Waals surface area (Å²) >= 11 is 0. The molecule has 0 N–H and O–H groups in total. The van der Waals surface area contributed by atoms with Gasteiger partial charge in [0, 0.05) is 13.2 Å². The van der Waals surface area contributed by atoms with Crippen molar-refractivity contribution in [3.63, 3.8) is 0 Å². The van der Waals surface area contributed by atoms with Gasteiger partial charge in [-0.1, -0.05) is 5.22 Å². The molecule has 3 nitrogen and oxygen atoms in total. The van der Waals surface area contributed by atoms with Gasteiger partial charge in [0.1, 0.15) is 0 Å². The fourth-order valence-electron chi connectivity index (χ4n) is 0.404. The molecule has 0 saturated carbocycles. The number of hydrogen-bond acceptors (Lipinski definition) is 3. The summed E-state index contributed by atoms with van der Waals surface area (Å²) in [5.74, 6) is 0. The van der Waals surface area contributed by atoms with Crippen molar-refractivity contribution >= 4 is 0 Å². The Morgan fingerprint density at radius 2 is 2.25 bits per heavy atom. The van der Waals surface area contributed by atoms with Crippen LogP contribution < -0.4 is 0 Å². The molecule has 8 heavy (non-hydrogen) atoms. The van der Waals surface area contributed by atoms with Gasteiger partial charge in [-0.05, 0) is 12.2 Å². The normalized spacial score (nSPS) is 16.9. The molecule has 1 aliphatic heterocycles. The molecule has 0 bridgehead atoms. The van der Waals surface area contributed by atoms with Crippen molar-refractivity contribution in [2.75, 3.05) is 7.05 Å². The number of rotatable bonds is 0. The van der Waals surface area contributed by atoms with Gasteiger partial charge in [0.15, 0.2) is 0 Å². The molecule has 0 radical (unpaired) electrons. The lowest BCUT2D eigenvalue weighted by atomic mass is 10.6. The van der Waals surface area contributed by atoms with Crippen molar-refractivity contribution in [3.8, 4) is 0 Å². The van der Waals surface area contributed by atoms with E-state index in [4.69, 9.17) is 0 Å². The van der Waals surface area contributed by atoms with Gasteiger partial charge < -0.3 is 0 Å². The maximum atomic E-state index is 3.71. The van der Waals surface area contributed by atoms with E-state index in [1.807, 2.05) is 25.4 Å². The lowest BCUT2D eigenvalue weighted by Gasteiger charge is -1.98. The van der Waals surface area contributed by atoms with Gasteiger partial charge in [-0.3, -0.25) is 5.01 Å². The predicted molar refractivity (Wildman–Crippen MR) is 30.9 cm³/mol. The summed E-state index contributed by atoms with van der Waals surface area (Å²) in [6.07, 6.45) is 7.17. The topological polar surface area (TPSA) is 28.0 Å². The maximum absolute atomic E-state index is 3.71. The molecule has 0 aromatic rings. The van der Waals surface area contributed by atoms with Gasteiger partial charge in [0.25, 0.3) is 0 Å². The molecule has 0 spiro atoms. The number of hydrogen-bond donors (Lipinski definition) is 0. The molecule has 0 atom stereocenters. The summed E-state index contributed by atoms with van der Waals surface area (Å²) in [6, 6.07) is 0. The van der Waals surface area contributed by atoms with Crippen LogP contribution in [-0.2, 0) is 0 Å². The first kappa shape index (κ1) is 5.03. The summed E-state index contributed by atoms with van der Waals surface area (Å²) in [7, 11) is 1.83. The van der Waals surface area contributed by atoms with E-state index in [0.29, 0.717) is 0 Å². The first-order valence-corrected chi connectivity index (χ1v) is 2.36. The zero-order valence-electron chi connectivity index (χ0n) is 4.65. The second-order valence-corrected chi connectivity index (χ2v) is 1.46. The van der Waals surface area contributed by atoms with E-state index < -0.39 is 0 Å². The lowest BCUT2D eigenvalue weighted by molar-refractivity contribution is 0.458. The van der Waals surface area contributed by atoms with Crippen molar-refractivity contribution in [3.05, 3.63) is 24.6 Å². The molecular formula is C5H7N3. The molecule has 1 rings (SSSR count). The average molecular weight is 109 g/mol. The lowest BCUT2D eigenvalue weighted by Crippen LogP contribution is -1.96. The Morgan fingerprint density at radius 1 is 1.38 bits per heavy atom. The Hall–Kier alpha value is -1.12. The van der Waals surface area contributed by atoms with E-state index in [0.717, 1.165) is 0 Å². The highest BCUT2D eigenvalue weighted by molar-refractivity contribution is 5.01. The zero-order valence-corrected chi connectivity index (χ0v) is 4.65. The van der Waals surface area contributed by atoms with E-state index in [-0.39, 0.29) is 0 Å². The Balaban J connectivity index is 2.66. The van der Waals surface area contributed by atoms with Gasteiger partial charge in [0.05, 0.1) is 6.20 Å². The monoisotopic (exact) mass is 109 g/mol. The number of allylic oxidation sites excluding steroid dienone is 2. The quantitative estimate of drug-likeness (QED) is 0.461. The molecule has 3 heteroatoms. The van der Waals surface area contributed by atoms with Crippen LogP contribution in [-0.4, -0.2) is 12.1 Å². The number of nitrogens with zero attached hydrogens (tertiary/aromatic N) is 3. The zero-order chi connectivity index (χ0) is 5.82. The van der Waals surface area contributed by atoms with Gasteiger partial charge >= 0.3 is 0 Å². The van der Waals surface area contributed by atoms with Gasteiger partial charge in [0.2, 0.25) is 0 Å². The van der Waals surface area contributed by atoms with Crippen LogP contribution in [0.25, 0.3) is 0 Å². The Kier molecular flexibility index (Phi) is 1.42. The third-order valence-electron chi connectivity index (χ3n) is 0.758. The van der Waals surface area contributed by atoms with Crippen LogP contribution in [0.2, 0.25) is 0 Å². The van der Waals surface area contributed by atoms with Crippen molar-refractivity contribution in [2.45, 2.75) is 0 Å². The summed E-state index contributed by atoms with van der Waals surface area (Å²) in [4.78, 5) is 0. The van der Waals surface area contributed by atoms with Crippen molar-refractivity contribution < 1.29 is 0 Å². The van der Waals surface area contributed by atoms with Crippen LogP contribution in [0.15, 0.2) is 34.9 Å². The third kappa shape index (κ3) is 1.18. The fraction of sp³-hybridized carbons (Fsp3) is 0.200. The molecule has 0 fully saturated rings. The van der Waals surface area contributed by atoms with Crippen molar-refractivity contribution in [1.82, 2.24) is 5.01 Å². The van der Waals surface area contributed by atoms with Crippen LogP contribution in [0.1, 0.15) is 0 Å². The Labute approximate surface area is 48.0 Å². The van der Waals surface area contributed by atoms with Crippen LogP contribution in [0.3, 0.4) is 0 Å². The summed E-state index contributed by atoms with van der Waals surface area (Å²) in [6.45, 7) is 0. The molecule has 0 amide bonds. The molecule has 0 saturated heterocycles.